The van der Waals surface area contributed by atoms with Crippen LogP contribution in [0.3, 0.4) is 0 Å². The van der Waals surface area contributed by atoms with Crippen molar-refractivity contribution in [2.45, 2.75) is 30.6 Å². The molecule has 3 rings (SSSR count). The number of halogens is 3. The van der Waals surface area contributed by atoms with E-state index in [-0.39, 0.29) is 12.5 Å². The van der Waals surface area contributed by atoms with Gasteiger partial charge in [-0.2, -0.15) is 13.2 Å². The van der Waals surface area contributed by atoms with Crippen molar-refractivity contribution in [3.05, 3.63) is 59.7 Å². The third-order valence-corrected chi connectivity index (χ3v) is 5.51. The van der Waals surface area contributed by atoms with Crippen LogP contribution in [0.4, 0.5) is 18.0 Å². The van der Waals surface area contributed by atoms with Crippen LogP contribution < -0.4 is 10.6 Å². The topological polar surface area (TPSA) is 114 Å². The predicted molar refractivity (Wildman–Crippen MR) is 114 cm³/mol. The van der Waals surface area contributed by atoms with Gasteiger partial charge in [-0.3, -0.25) is 4.79 Å². The zero-order valence-corrected chi connectivity index (χ0v) is 18.3. The van der Waals surface area contributed by atoms with Crippen LogP contribution in [0.5, 0.6) is 0 Å². The molecule has 2 unspecified atom stereocenters. The molecule has 2 atom stereocenters. The number of carbonyl (C=O) groups is 3. The first-order valence-corrected chi connectivity index (χ1v) is 10.2. The summed E-state index contributed by atoms with van der Waals surface area (Å²) in [7, 11) is 1.17. The zero-order chi connectivity index (χ0) is 25.1. The highest BCUT2D eigenvalue weighted by atomic mass is 19.4. The molecule has 2 aromatic carbocycles. The molecule has 2 amide bonds. The molecule has 1 aliphatic rings. The standard InChI is InChI=1S/C23H23F3N2O6/c1-22(12-33-2,20(31)27-18(19(29)30)23(24,25)26)28-21(32)34-11-17-15-9-5-3-7-13(15)14-8-4-6-10-16(14)17/h3-10,17-18H,11-12H2,1-2H3,(H,27,31)(H,28,32)(H,29,30). The van der Waals surface area contributed by atoms with Crippen LogP contribution in [0.1, 0.15) is 24.0 Å². The number of nitrogens with one attached hydrogen (secondary N) is 2. The summed E-state index contributed by atoms with van der Waals surface area (Å²) in [4.78, 5) is 36.0. The maximum Gasteiger partial charge on any atom is 0.419 e. The van der Waals surface area contributed by atoms with Gasteiger partial charge in [-0.1, -0.05) is 48.5 Å². The number of carboxylic acids is 1. The van der Waals surface area contributed by atoms with Gasteiger partial charge in [0.05, 0.1) is 6.61 Å². The number of fused-ring (bicyclic) bond motifs is 3. The number of benzene rings is 2. The maximum absolute atomic E-state index is 13.0. The first kappa shape index (κ1) is 25.0. The van der Waals surface area contributed by atoms with E-state index in [4.69, 9.17) is 14.6 Å². The van der Waals surface area contributed by atoms with E-state index in [2.05, 4.69) is 5.32 Å². The molecule has 0 aliphatic heterocycles. The van der Waals surface area contributed by atoms with Crippen molar-refractivity contribution < 1.29 is 42.1 Å². The summed E-state index contributed by atoms with van der Waals surface area (Å²) in [5, 5.41) is 12.4. The van der Waals surface area contributed by atoms with Crippen LogP contribution >= 0.6 is 0 Å². The van der Waals surface area contributed by atoms with Crippen molar-refractivity contribution in [1.29, 1.82) is 0 Å². The summed E-state index contributed by atoms with van der Waals surface area (Å²) in [6, 6.07) is 12.1. The minimum absolute atomic E-state index is 0.0924. The average Bonchev–Trinajstić information content (AvgIpc) is 3.08. The Morgan fingerprint density at radius 2 is 1.56 bits per heavy atom. The van der Waals surface area contributed by atoms with Gasteiger partial charge in [0.15, 0.2) is 0 Å². The number of rotatable bonds is 8. The molecule has 0 aromatic heterocycles. The fourth-order valence-corrected chi connectivity index (χ4v) is 3.88. The Hall–Kier alpha value is -3.60. The molecular formula is C23H23F3N2O6. The Kier molecular flexibility index (Phi) is 7.15. The second-order valence-electron chi connectivity index (χ2n) is 8.00. The molecule has 0 radical (unpaired) electrons. The van der Waals surface area contributed by atoms with E-state index >= 15 is 0 Å². The van der Waals surface area contributed by atoms with Gasteiger partial charge in [0.1, 0.15) is 12.1 Å². The van der Waals surface area contributed by atoms with E-state index in [9.17, 15) is 27.6 Å². The Morgan fingerprint density at radius 3 is 2.03 bits per heavy atom. The van der Waals surface area contributed by atoms with Gasteiger partial charge in [0.2, 0.25) is 11.9 Å². The Balaban J connectivity index is 1.72. The van der Waals surface area contributed by atoms with Gasteiger partial charge in [-0.05, 0) is 29.2 Å². The largest absolute Gasteiger partial charge is 0.479 e. The number of alkyl carbamates (subject to hydrolysis) is 1. The highest BCUT2D eigenvalue weighted by molar-refractivity contribution is 5.93. The first-order valence-electron chi connectivity index (χ1n) is 10.2. The molecule has 11 heteroatoms. The quantitative estimate of drug-likeness (QED) is 0.535. The molecule has 0 saturated carbocycles. The number of methoxy groups -OCH3 is 1. The minimum atomic E-state index is -5.24. The normalized spacial score (nSPS) is 15.4. The SMILES string of the molecule is COCC(C)(NC(=O)OCC1c2ccccc2-c2ccccc21)C(=O)NC(C(=O)O)C(F)(F)F. The summed E-state index contributed by atoms with van der Waals surface area (Å²) < 4.78 is 49.1. The summed E-state index contributed by atoms with van der Waals surface area (Å²) in [5.41, 5.74) is 1.87. The molecule has 182 valence electrons. The molecular weight excluding hydrogens is 457 g/mol. The Labute approximate surface area is 193 Å². The lowest BCUT2D eigenvalue weighted by Crippen LogP contribution is -2.64. The minimum Gasteiger partial charge on any atom is -0.479 e. The van der Waals surface area contributed by atoms with Gasteiger partial charge >= 0.3 is 18.2 Å². The molecule has 8 nitrogen and oxygen atoms in total. The number of amides is 2. The third-order valence-electron chi connectivity index (χ3n) is 5.51. The number of carbonyl (C=O) groups excluding carboxylic acids is 2. The highest BCUT2D eigenvalue weighted by Crippen LogP contribution is 2.44. The predicted octanol–water partition coefficient (Wildman–Crippen LogP) is 3.06. The Morgan fingerprint density at radius 1 is 1.03 bits per heavy atom. The van der Waals surface area contributed by atoms with Crippen LogP contribution in [0.25, 0.3) is 11.1 Å². The number of ether oxygens (including phenoxy) is 2. The van der Waals surface area contributed by atoms with Crippen molar-refractivity contribution in [3.8, 4) is 11.1 Å². The summed E-state index contributed by atoms with van der Waals surface area (Å²) >= 11 is 0. The van der Waals surface area contributed by atoms with Crippen molar-refractivity contribution in [1.82, 2.24) is 10.6 Å². The van der Waals surface area contributed by atoms with Crippen molar-refractivity contribution in [2.24, 2.45) is 0 Å². The van der Waals surface area contributed by atoms with Gasteiger partial charge in [0, 0.05) is 13.0 Å². The number of alkyl halides is 3. The highest BCUT2D eigenvalue weighted by Gasteiger charge is 2.49. The van der Waals surface area contributed by atoms with E-state index in [0.29, 0.717) is 0 Å². The molecule has 34 heavy (non-hydrogen) atoms. The molecule has 0 fully saturated rings. The van der Waals surface area contributed by atoms with Gasteiger partial charge in [-0.25, -0.2) is 9.59 Å². The van der Waals surface area contributed by atoms with Crippen molar-refractivity contribution >= 4 is 18.0 Å². The summed E-state index contributed by atoms with van der Waals surface area (Å²) in [5.74, 6) is -3.96. The van der Waals surface area contributed by atoms with Gasteiger partial charge < -0.3 is 25.2 Å². The summed E-state index contributed by atoms with van der Waals surface area (Å²) in [6.45, 7) is 0.473. The van der Waals surface area contributed by atoms with E-state index in [0.717, 1.165) is 29.2 Å². The second kappa shape index (κ2) is 9.72. The third kappa shape index (κ3) is 5.14. The van der Waals surface area contributed by atoms with Crippen molar-refractivity contribution in [3.63, 3.8) is 0 Å². The maximum atomic E-state index is 13.0. The molecule has 3 N–H and O–H groups in total. The lowest BCUT2D eigenvalue weighted by molar-refractivity contribution is -0.183. The lowest BCUT2D eigenvalue weighted by atomic mass is 9.98. The van der Waals surface area contributed by atoms with Crippen LogP contribution in [0.2, 0.25) is 0 Å². The first-order chi connectivity index (χ1) is 16.0. The van der Waals surface area contributed by atoms with E-state index in [1.807, 2.05) is 48.5 Å². The second-order valence-corrected chi connectivity index (χ2v) is 8.00. The average molecular weight is 480 g/mol. The number of hydrogen-bond acceptors (Lipinski definition) is 5. The smallest absolute Gasteiger partial charge is 0.419 e. The van der Waals surface area contributed by atoms with Gasteiger partial charge in [0.25, 0.3) is 0 Å². The lowest BCUT2D eigenvalue weighted by Gasteiger charge is -2.30. The molecule has 2 aromatic rings. The van der Waals surface area contributed by atoms with Crippen molar-refractivity contribution in [2.75, 3.05) is 20.3 Å². The van der Waals surface area contributed by atoms with Crippen LogP contribution in [0, 0.1) is 0 Å². The molecule has 1 aliphatic carbocycles. The summed E-state index contributed by atoms with van der Waals surface area (Å²) in [6.07, 6.45) is -6.31. The number of carboxylic acid groups (broad SMARTS) is 1. The fourth-order valence-electron chi connectivity index (χ4n) is 3.88. The van der Waals surface area contributed by atoms with E-state index < -0.39 is 42.3 Å². The van der Waals surface area contributed by atoms with Gasteiger partial charge in [-0.15, -0.1) is 0 Å². The number of aliphatic carboxylic acids is 1. The van der Waals surface area contributed by atoms with Crippen LogP contribution in [-0.2, 0) is 19.1 Å². The zero-order valence-electron chi connectivity index (χ0n) is 18.3. The molecule has 0 heterocycles. The monoisotopic (exact) mass is 480 g/mol. The molecule has 0 saturated heterocycles. The Bertz CT molecular complexity index is 1040. The van der Waals surface area contributed by atoms with E-state index in [1.54, 1.807) is 0 Å². The molecule has 0 bridgehead atoms. The number of hydrogen-bond donors (Lipinski definition) is 3. The van der Waals surface area contributed by atoms with E-state index in [1.165, 1.54) is 12.4 Å². The van der Waals surface area contributed by atoms with Crippen LogP contribution in [0.15, 0.2) is 48.5 Å². The van der Waals surface area contributed by atoms with Crippen LogP contribution in [-0.4, -0.2) is 61.2 Å². The fraction of sp³-hybridized carbons (Fsp3) is 0.348. The molecule has 0 spiro atoms.